The van der Waals surface area contributed by atoms with E-state index in [9.17, 15) is 4.79 Å². The summed E-state index contributed by atoms with van der Waals surface area (Å²) < 4.78 is 0. The van der Waals surface area contributed by atoms with E-state index in [1.165, 1.54) is 32.1 Å². The molecule has 0 unspecified atom stereocenters. The van der Waals surface area contributed by atoms with Crippen molar-refractivity contribution >= 4 is 5.91 Å². The highest BCUT2D eigenvalue weighted by Crippen LogP contribution is 2.55. The average Bonchev–Trinajstić information content (AvgIpc) is 1.91. The molecule has 1 spiro atoms. The molecule has 12 heavy (non-hydrogen) atoms. The molecule has 0 bridgehead atoms. The van der Waals surface area contributed by atoms with Crippen LogP contribution in [0, 0.1) is 5.41 Å². The second-order valence-corrected chi connectivity index (χ2v) is 4.38. The molecule has 0 radical (unpaired) electrons. The molecule has 0 heterocycles. The Morgan fingerprint density at radius 3 is 2.58 bits per heavy atom. The van der Waals surface area contributed by atoms with Crippen molar-refractivity contribution in [3.05, 3.63) is 0 Å². The lowest BCUT2D eigenvalue weighted by molar-refractivity contribution is -0.124. The molecule has 0 saturated heterocycles. The Bertz CT molecular complexity index is 188. The highest BCUT2D eigenvalue weighted by atomic mass is 16.1. The van der Waals surface area contributed by atoms with Crippen LogP contribution in [0.3, 0.4) is 0 Å². The van der Waals surface area contributed by atoms with Crippen LogP contribution >= 0.6 is 0 Å². The van der Waals surface area contributed by atoms with E-state index in [-0.39, 0.29) is 5.91 Å². The molecular formula is C10H17NO. The molecule has 68 valence electrons. The molecular weight excluding hydrogens is 150 g/mol. The summed E-state index contributed by atoms with van der Waals surface area (Å²) in [6.45, 7) is 1.91. The molecule has 2 aliphatic carbocycles. The Morgan fingerprint density at radius 1 is 1.50 bits per heavy atom. The van der Waals surface area contributed by atoms with Crippen molar-refractivity contribution in [1.82, 2.24) is 5.32 Å². The number of carbonyl (C=O) groups is 1. The minimum absolute atomic E-state index is 0.217. The Morgan fingerprint density at radius 2 is 2.17 bits per heavy atom. The van der Waals surface area contributed by atoms with Gasteiger partial charge in [-0.3, -0.25) is 4.79 Å². The summed E-state index contributed by atoms with van der Waals surface area (Å²) >= 11 is 0. The van der Waals surface area contributed by atoms with Crippen molar-refractivity contribution in [3.8, 4) is 0 Å². The highest BCUT2D eigenvalue weighted by Gasteiger charge is 2.48. The zero-order valence-corrected chi connectivity index (χ0v) is 7.73. The summed E-state index contributed by atoms with van der Waals surface area (Å²) in [7, 11) is 0. The molecule has 2 saturated carbocycles. The van der Waals surface area contributed by atoms with Gasteiger partial charge in [0.05, 0.1) is 0 Å². The maximum absolute atomic E-state index is 11.0. The fourth-order valence-electron chi connectivity index (χ4n) is 2.50. The lowest BCUT2D eigenvalue weighted by atomic mass is 9.54. The van der Waals surface area contributed by atoms with Crippen molar-refractivity contribution < 1.29 is 4.79 Å². The molecule has 1 N–H and O–H groups in total. The first kappa shape index (κ1) is 8.09. The van der Waals surface area contributed by atoms with Crippen molar-refractivity contribution in [2.45, 2.75) is 51.5 Å². The maximum Gasteiger partial charge on any atom is 0.219 e. The molecule has 0 aliphatic heterocycles. The second-order valence-electron chi connectivity index (χ2n) is 4.38. The first-order chi connectivity index (χ1) is 5.74. The monoisotopic (exact) mass is 167 g/mol. The van der Waals surface area contributed by atoms with E-state index in [0.29, 0.717) is 17.9 Å². The van der Waals surface area contributed by atoms with E-state index in [1.807, 2.05) is 6.92 Å². The minimum atomic E-state index is 0.217. The third kappa shape index (κ3) is 1.23. The van der Waals surface area contributed by atoms with Gasteiger partial charge in [0.25, 0.3) is 0 Å². The van der Waals surface area contributed by atoms with E-state index in [2.05, 4.69) is 5.32 Å². The summed E-state index contributed by atoms with van der Waals surface area (Å²) in [5.41, 5.74) is 0.686. The summed E-state index contributed by atoms with van der Waals surface area (Å²) in [6, 6.07) is 0.512. The summed E-state index contributed by atoms with van der Waals surface area (Å²) in [5.74, 6) is 0.217. The van der Waals surface area contributed by atoms with E-state index < -0.39 is 0 Å². The number of nitrogens with one attached hydrogen (secondary N) is 1. The van der Waals surface area contributed by atoms with Crippen LogP contribution in [0.5, 0.6) is 0 Å². The SMILES string of the molecule is CCC(=O)NC1CC2(CCC2)C1. The number of rotatable bonds is 2. The third-order valence-electron chi connectivity index (χ3n) is 3.46. The second kappa shape index (κ2) is 2.75. The van der Waals surface area contributed by atoms with Crippen LogP contribution in [0.1, 0.15) is 45.4 Å². The topological polar surface area (TPSA) is 29.1 Å². The van der Waals surface area contributed by atoms with Gasteiger partial charge in [-0.05, 0) is 31.1 Å². The number of amides is 1. The Hall–Kier alpha value is -0.530. The largest absolute Gasteiger partial charge is 0.353 e. The average molecular weight is 167 g/mol. The first-order valence-electron chi connectivity index (χ1n) is 5.03. The van der Waals surface area contributed by atoms with Crippen molar-refractivity contribution in [2.75, 3.05) is 0 Å². The molecule has 2 nitrogen and oxygen atoms in total. The van der Waals surface area contributed by atoms with Gasteiger partial charge in [0.1, 0.15) is 0 Å². The van der Waals surface area contributed by atoms with Gasteiger partial charge < -0.3 is 5.32 Å². The highest BCUT2D eigenvalue weighted by molar-refractivity contribution is 5.75. The van der Waals surface area contributed by atoms with Crippen LogP contribution in [0.4, 0.5) is 0 Å². The molecule has 0 aromatic rings. The van der Waals surface area contributed by atoms with Crippen LogP contribution in [-0.2, 0) is 4.79 Å². The molecule has 0 aromatic heterocycles. The van der Waals surface area contributed by atoms with Gasteiger partial charge in [-0.2, -0.15) is 0 Å². The van der Waals surface area contributed by atoms with E-state index in [1.54, 1.807) is 0 Å². The quantitative estimate of drug-likeness (QED) is 0.668. The van der Waals surface area contributed by atoms with E-state index in [0.717, 1.165) is 0 Å². The normalized spacial score (nSPS) is 26.1. The van der Waals surface area contributed by atoms with Crippen LogP contribution in [0.25, 0.3) is 0 Å². The fourth-order valence-corrected chi connectivity index (χ4v) is 2.50. The van der Waals surface area contributed by atoms with Gasteiger partial charge in [0.2, 0.25) is 5.91 Å². The number of carbonyl (C=O) groups excluding carboxylic acids is 1. The predicted molar refractivity (Wildman–Crippen MR) is 47.7 cm³/mol. The van der Waals surface area contributed by atoms with Crippen molar-refractivity contribution in [3.63, 3.8) is 0 Å². The van der Waals surface area contributed by atoms with E-state index >= 15 is 0 Å². The Balaban J connectivity index is 1.71. The van der Waals surface area contributed by atoms with Crippen LogP contribution in [0.2, 0.25) is 0 Å². The molecule has 0 atom stereocenters. The maximum atomic E-state index is 11.0. The minimum Gasteiger partial charge on any atom is -0.353 e. The van der Waals surface area contributed by atoms with Crippen LogP contribution in [-0.4, -0.2) is 11.9 Å². The Labute approximate surface area is 73.7 Å². The smallest absolute Gasteiger partial charge is 0.219 e. The molecule has 0 aromatic carbocycles. The van der Waals surface area contributed by atoms with Crippen molar-refractivity contribution in [2.24, 2.45) is 5.41 Å². The molecule has 2 fully saturated rings. The van der Waals surface area contributed by atoms with Crippen LogP contribution in [0.15, 0.2) is 0 Å². The van der Waals surface area contributed by atoms with Gasteiger partial charge in [0.15, 0.2) is 0 Å². The van der Waals surface area contributed by atoms with Crippen molar-refractivity contribution in [1.29, 1.82) is 0 Å². The number of hydrogen-bond acceptors (Lipinski definition) is 1. The fraction of sp³-hybridized carbons (Fsp3) is 0.900. The lowest BCUT2D eigenvalue weighted by Gasteiger charge is -2.54. The van der Waals surface area contributed by atoms with Crippen LogP contribution < -0.4 is 5.32 Å². The zero-order chi connectivity index (χ0) is 8.60. The zero-order valence-electron chi connectivity index (χ0n) is 7.73. The molecule has 2 rings (SSSR count). The van der Waals surface area contributed by atoms with Gasteiger partial charge in [-0.25, -0.2) is 0 Å². The van der Waals surface area contributed by atoms with Gasteiger partial charge in [-0.15, -0.1) is 0 Å². The molecule has 2 heteroatoms. The Kier molecular flexibility index (Phi) is 1.85. The van der Waals surface area contributed by atoms with Gasteiger partial charge in [0, 0.05) is 12.5 Å². The molecule has 1 amide bonds. The standard InChI is InChI=1S/C10H17NO/c1-2-9(12)11-8-6-10(7-8)4-3-5-10/h8H,2-7H2,1H3,(H,11,12). The predicted octanol–water partition coefficient (Wildman–Crippen LogP) is 1.85. The first-order valence-corrected chi connectivity index (χ1v) is 5.03. The number of hydrogen-bond donors (Lipinski definition) is 1. The lowest BCUT2D eigenvalue weighted by Crippen LogP contribution is -2.53. The van der Waals surface area contributed by atoms with Gasteiger partial charge in [-0.1, -0.05) is 13.3 Å². The summed E-state index contributed by atoms with van der Waals surface area (Å²) in [6.07, 6.45) is 7.35. The van der Waals surface area contributed by atoms with Gasteiger partial charge >= 0.3 is 0 Å². The third-order valence-corrected chi connectivity index (χ3v) is 3.46. The molecule has 2 aliphatic rings. The summed E-state index contributed by atoms with van der Waals surface area (Å²) in [4.78, 5) is 11.0. The summed E-state index contributed by atoms with van der Waals surface area (Å²) in [5, 5.41) is 3.05. The van der Waals surface area contributed by atoms with E-state index in [4.69, 9.17) is 0 Å².